The summed E-state index contributed by atoms with van der Waals surface area (Å²) < 4.78 is 38.9. The van der Waals surface area contributed by atoms with Gasteiger partial charge in [0.15, 0.2) is 6.20 Å². The van der Waals surface area contributed by atoms with Crippen molar-refractivity contribution in [1.29, 1.82) is 0 Å². The van der Waals surface area contributed by atoms with Crippen molar-refractivity contribution in [2.24, 2.45) is 0 Å². The van der Waals surface area contributed by atoms with E-state index in [2.05, 4.69) is 4.98 Å². The fourth-order valence-corrected chi connectivity index (χ4v) is 1.58. The predicted octanol–water partition coefficient (Wildman–Crippen LogP) is -0.553. The molecule has 0 aromatic carbocycles. The molecule has 0 spiro atoms. The van der Waals surface area contributed by atoms with Crippen LogP contribution < -0.4 is 21.9 Å². The summed E-state index contributed by atoms with van der Waals surface area (Å²) in [4.78, 5) is 5.75. The monoisotopic (exact) mass is 303 g/mol. The SMILES string of the molecule is CN(C)c1cc[n+](-c2ccc(C(F)(F)F)cn2)cc1.[Cl-]. The summed E-state index contributed by atoms with van der Waals surface area (Å²) in [7, 11) is 3.83. The second-order valence-corrected chi connectivity index (χ2v) is 4.26. The minimum absolute atomic E-state index is 0. The van der Waals surface area contributed by atoms with Crippen LogP contribution in [-0.2, 0) is 6.18 Å². The molecule has 0 saturated heterocycles. The first-order chi connectivity index (χ1) is 8.88. The second kappa shape index (κ2) is 6.09. The molecule has 0 radical (unpaired) electrons. The van der Waals surface area contributed by atoms with Crippen molar-refractivity contribution in [3.63, 3.8) is 0 Å². The number of aromatic nitrogens is 2. The maximum atomic E-state index is 12.4. The molecule has 0 aliphatic rings. The van der Waals surface area contributed by atoms with Crippen LogP contribution in [0.3, 0.4) is 0 Å². The number of pyridine rings is 2. The highest BCUT2D eigenvalue weighted by Crippen LogP contribution is 2.28. The van der Waals surface area contributed by atoms with Crippen LogP contribution in [0.2, 0.25) is 0 Å². The van der Waals surface area contributed by atoms with Crippen molar-refractivity contribution in [2.45, 2.75) is 6.18 Å². The smallest absolute Gasteiger partial charge is 0.420 e. The van der Waals surface area contributed by atoms with E-state index in [0.717, 1.165) is 18.0 Å². The van der Waals surface area contributed by atoms with Gasteiger partial charge in [0.2, 0.25) is 0 Å². The zero-order valence-electron chi connectivity index (χ0n) is 10.9. The number of rotatable bonds is 2. The molecule has 2 aromatic heterocycles. The van der Waals surface area contributed by atoms with Crippen molar-refractivity contribution >= 4 is 5.69 Å². The molecule has 0 bridgehead atoms. The van der Waals surface area contributed by atoms with Crippen LogP contribution in [0.15, 0.2) is 42.9 Å². The van der Waals surface area contributed by atoms with Gasteiger partial charge in [0.25, 0.3) is 0 Å². The molecule has 0 unspecified atom stereocenters. The van der Waals surface area contributed by atoms with Gasteiger partial charge in [-0.1, -0.05) is 0 Å². The van der Waals surface area contributed by atoms with E-state index in [9.17, 15) is 13.2 Å². The van der Waals surface area contributed by atoms with Gasteiger partial charge in [-0.2, -0.15) is 13.2 Å². The summed E-state index contributed by atoms with van der Waals surface area (Å²) in [6.07, 6.45) is -0.0109. The zero-order chi connectivity index (χ0) is 14.0. The van der Waals surface area contributed by atoms with E-state index < -0.39 is 11.7 Å². The summed E-state index contributed by atoms with van der Waals surface area (Å²) in [5.74, 6) is 0.443. The standard InChI is InChI=1S/C13H13F3N3.ClH/c1-18(2)11-5-7-19(8-6-11)12-4-3-10(9-17-12)13(14,15)16;/h3-9H,1-2H3;1H/q+1;/p-1. The molecule has 20 heavy (non-hydrogen) atoms. The van der Waals surface area contributed by atoms with Crippen LogP contribution in [0.1, 0.15) is 5.56 Å². The summed E-state index contributed by atoms with van der Waals surface area (Å²) in [5, 5.41) is 0. The number of hydrogen-bond acceptors (Lipinski definition) is 2. The molecule has 0 atom stereocenters. The molecule has 2 aromatic rings. The Kier molecular flexibility index (Phi) is 4.94. The third-order valence-electron chi connectivity index (χ3n) is 2.67. The Morgan fingerprint density at radius 1 is 1.05 bits per heavy atom. The Bertz CT molecular complexity index is 551. The van der Waals surface area contributed by atoms with Gasteiger partial charge < -0.3 is 17.3 Å². The van der Waals surface area contributed by atoms with E-state index in [1.165, 1.54) is 6.07 Å². The summed E-state index contributed by atoms with van der Waals surface area (Å²) in [6, 6.07) is 6.09. The predicted molar refractivity (Wildman–Crippen MR) is 65.1 cm³/mol. The quantitative estimate of drug-likeness (QED) is 0.694. The van der Waals surface area contributed by atoms with Crippen molar-refractivity contribution in [3.05, 3.63) is 48.4 Å². The molecule has 2 heterocycles. The molecule has 108 valence electrons. The molecule has 0 saturated carbocycles. The second-order valence-electron chi connectivity index (χ2n) is 4.26. The topological polar surface area (TPSA) is 20.0 Å². The van der Waals surface area contributed by atoms with Crippen molar-refractivity contribution in [3.8, 4) is 5.82 Å². The molecule has 3 nitrogen and oxygen atoms in total. The summed E-state index contributed by atoms with van der Waals surface area (Å²) >= 11 is 0. The third kappa shape index (κ3) is 3.60. The number of alkyl halides is 3. The van der Waals surface area contributed by atoms with Crippen molar-refractivity contribution in [2.75, 3.05) is 19.0 Å². The Morgan fingerprint density at radius 3 is 2.05 bits per heavy atom. The Labute approximate surface area is 121 Å². The van der Waals surface area contributed by atoms with Gasteiger partial charge in [0.1, 0.15) is 0 Å². The Morgan fingerprint density at radius 2 is 1.65 bits per heavy atom. The van der Waals surface area contributed by atoms with Crippen LogP contribution >= 0.6 is 0 Å². The van der Waals surface area contributed by atoms with Gasteiger partial charge in [-0.25, -0.2) is 4.57 Å². The van der Waals surface area contributed by atoms with Gasteiger partial charge in [-0.3, -0.25) is 0 Å². The molecular weight excluding hydrogens is 291 g/mol. The lowest BCUT2D eigenvalue weighted by Crippen LogP contribution is -3.00. The van der Waals surface area contributed by atoms with E-state index in [0.29, 0.717) is 5.82 Å². The molecule has 7 heteroatoms. The van der Waals surface area contributed by atoms with E-state index >= 15 is 0 Å². The van der Waals surface area contributed by atoms with Gasteiger partial charge in [0, 0.05) is 38.0 Å². The largest absolute Gasteiger partial charge is 1.00 e. The first kappa shape index (κ1) is 16.2. The number of anilines is 1. The maximum absolute atomic E-state index is 12.4. The number of hydrogen-bond donors (Lipinski definition) is 0. The maximum Gasteiger partial charge on any atom is 0.420 e. The zero-order valence-corrected chi connectivity index (χ0v) is 11.7. The highest BCUT2D eigenvalue weighted by molar-refractivity contribution is 5.41. The number of halogens is 4. The molecule has 0 N–H and O–H groups in total. The fraction of sp³-hybridized carbons (Fsp3) is 0.231. The Hall–Kier alpha value is -1.82. The molecular formula is C13H13ClF3N3. The van der Waals surface area contributed by atoms with Crippen molar-refractivity contribution in [1.82, 2.24) is 4.98 Å². The van der Waals surface area contributed by atoms with E-state index in [-0.39, 0.29) is 12.4 Å². The Balaban J connectivity index is 0.00000200. The lowest BCUT2D eigenvalue weighted by Gasteiger charge is -2.11. The van der Waals surface area contributed by atoms with Gasteiger partial charge >= 0.3 is 12.0 Å². The first-order valence-corrected chi connectivity index (χ1v) is 5.60. The van der Waals surface area contributed by atoms with Crippen molar-refractivity contribution < 1.29 is 30.1 Å². The lowest BCUT2D eigenvalue weighted by atomic mass is 10.3. The number of nitrogens with zero attached hydrogens (tertiary/aromatic N) is 3. The highest BCUT2D eigenvalue weighted by atomic mass is 35.5. The summed E-state index contributed by atoms with van der Waals surface area (Å²) in [6.45, 7) is 0. The van der Waals surface area contributed by atoms with Crippen LogP contribution in [0, 0.1) is 0 Å². The average molecular weight is 304 g/mol. The van der Waals surface area contributed by atoms with Gasteiger partial charge in [-0.15, -0.1) is 0 Å². The van der Waals surface area contributed by atoms with E-state index in [1.54, 1.807) is 17.0 Å². The molecule has 2 rings (SSSR count). The lowest BCUT2D eigenvalue weighted by molar-refractivity contribution is -0.599. The molecule has 0 fully saturated rings. The normalized spacial score (nSPS) is 10.8. The van der Waals surface area contributed by atoms with Gasteiger partial charge in [-0.05, 0) is 11.1 Å². The molecule has 0 aliphatic heterocycles. The minimum atomic E-state index is -4.36. The summed E-state index contributed by atoms with van der Waals surface area (Å²) in [5.41, 5.74) is 0.255. The minimum Gasteiger partial charge on any atom is -1.00 e. The van der Waals surface area contributed by atoms with Crippen LogP contribution in [-0.4, -0.2) is 19.1 Å². The molecule has 0 aliphatic carbocycles. The van der Waals surface area contributed by atoms with E-state index in [4.69, 9.17) is 0 Å². The van der Waals surface area contributed by atoms with Gasteiger partial charge in [0.05, 0.1) is 18.0 Å². The van der Waals surface area contributed by atoms with Crippen LogP contribution in [0.5, 0.6) is 0 Å². The van der Waals surface area contributed by atoms with Crippen LogP contribution in [0.25, 0.3) is 5.82 Å². The average Bonchev–Trinajstić information content (AvgIpc) is 2.38. The first-order valence-electron chi connectivity index (χ1n) is 5.60. The third-order valence-corrected chi connectivity index (χ3v) is 2.67. The fourth-order valence-electron chi connectivity index (χ4n) is 1.58. The van der Waals surface area contributed by atoms with E-state index in [1.807, 2.05) is 31.1 Å². The highest BCUT2D eigenvalue weighted by Gasteiger charge is 2.32. The molecule has 0 amide bonds. The van der Waals surface area contributed by atoms with Crippen LogP contribution in [0.4, 0.5) is 18.9 Å².